The molecule has 2 aliphatic heterocycles. The maximum absolute atomic E-state index is 10.0. The second kappa shape index (κ2) is 13.8. The lowest BCUT2D eigenvalue weighted by Crippen LogP contribution is -2.35. The second-order valence-electron chi connectivity index (χ2n) is 9.00. The van der Waals surface area contributed by atoms with Crippen LogP contribution in [0.1, 0.15) is 24.0 Å². The zero-order valence-corrected chi connectivity index (χ0v) is 24.6. The highest BCUT2D eigenvalue weighted by molar-refractivity contribution is 6.34. The van der Waals surface area contributed by atoms with E-state index in [0.29, 0.717) is 61.4 Å². The molecule has 0 radical (unpaired) electrons. The zero-order chi connectivity index (χ0) is 26.6. The summed E-state index contributed by atoms with van der Waals surface area (Å²) in [4.78, 5) is 6.81. The lowest BCUT2D eigenvalue weighted by molar-refractivity contribution is 0.115. The molecule has 40 heavy (non-hydrogen) atoms. The summed E-state index contributed by atoms with van der Waals surface area (Å²) in [6, 6.07) is 7.58. The first-order valence-corrected chi connectivity index (χ1v) is 12.5. The van der Waals surface area contributed by atoms with Crippen molar-refractivity contribution in [2.75, 3.05) is 53.1 Å². The van der Waals surface area contributed by atoms with Gasteiger partial charge >= 0.3 is 0 Å². The Morgan fingerprint density at radius 3 is 2.55 bits per heavy atom. The van der Waals surface area contributed by atoms with Crippen LogP contribution in [-0.2, 0) is 4.74 Å². The Morgan fingerprint density at radius 2 is 1.85 bits per heavy atom. The van der Waals surface area contributed by atoms with Gasteiger partial charge in [-0.1, -0.05) is 23.4 Å². The van der Waals surface area contributed by atoms with E-state index >= 15 is 0 Å². The zero-order valence-electron chi connectivity index (χ0n) is 22.2. The molecule has 2 aromatic carbocycles. The summed E-state index contributed by atoms with van der Waals surface area (Å²) in [5.74, 6) is 7.99. The number of nitrogens with zero attached hydrogens (tertiary/aromatic N) is 3. The van der Waals surface area contributed by atoms with Crippen molar-refractivity contribution < 1.29 is 23.7 Å². The average Bonchev–Trinajstić information content (AvgIpc) is 3.42. The van der Waals surface area contributed by atoms with E-state index in [1.54, 1.807) is 20.3 Å². The SMILES string of the molecule is COCC#Cc1cc(Cl)c(Nc2c(C#N)cnc3cc(OC)cc(OC4CCN(C)CC4)c23)c2c1OCO2.Cl.Cl. The fraction of sp³-hybridized carbons (Fsp3) is 0.357. The van der Waals surface area contributed by atoms with Gasteiger partial charge in [-0.25, -0.2) is 0 Å². The molecule has 212 valence electrons. The van der Waals surface area contributed by atoms with Gasteiger partial charge in [-0.15, -0.1) is 24.8 Å². The minimum absolute atomic E-state index is 0. The van der Waals surface area contributed by atoms with Crippen molar-refractivity contribution in [2.45, 2.75) is 18.9 Å². The number of methoxy groups -OCH3 is 2. The van der Waals surface area contributed by atoms with Gasteiger partial charge in [0, 0.05) is 38.5 Å². The van der Waals surface area contributed by atoms with Crippen LogP contribution in [0.4, 0.5) is 11.4 Å². The molecule has 0 unspecified atom stereocenters. The van der Waals surface area contributed by atoms with Gasteiger partial charge in [0.2, 0.25) is 6.79 Å². The van der Waals surface area contributed by atoms with Crippen LogP contribution in [0.3, 0.4) is 0 Å². The summed E-state index contributed by atoms with van der Waals surface area (Å²) in [5.41, 5.74) is 2.48. The lowest BCUT2D eigenvalue weighted by atomic mass is 10.1. The molecule has 1 N–H and O–H groups in total. The molecule has 0 saturated carbocycles. The number of piperidine rings is 1. The van der Waals surface area contributed by atoms with Gasteiger partial charge in [0.05, 0.1) is 39.8 Å². The van der Waals surface area contributed by atoms with Crippen LogP contribution >= 0.6 is 36.4 Å². The molecule has 5 rings (SSSR count). The quantitative estimate of drug-likeness (QED) is 0.362. The first-order chi connectivity index (χ1) is 18.5. The van der Waals surface area contributed by atoms with Gasteiger partial charge in [0.1, 0.15) is 36.0 Å². The van der Waals surface area contributed by atoms with Crippen molar-refractivity contribution in [3.05, 3.63) is 40.5 Å². The predicted molar refractivity (Wildman–Crippen MR) is 158 cm³/mol. The predicted octanol–water partition coefficient (Wildman–Crippen LogP) is 5.56. The van der Waals surface area contributed by atoms with E-state index in [1.165, 1.54) is 6.20 Å². The molecule has 0 bridgehead atoms. The van der Waals surface area contributed by atoms with Crippen molar-refractivity contribution in [1.82, 2.24) is 9.88 Å². The number of rotatable bonds is 6. The molecule has 1 fully saturated rings. The normalized spacial score (nSPS) is 14.3. The Labute approximate surface area is 250 Å². The Morgan fingerprint density at radius 1 is 1.10 bits per heavy atom. The summed E-state index contributed by atoms with van der Waals surface area (Å²) in [6.07, 6.45) is 3.31. The largest absolute Gasteiger partial charge is 0.497 e. The smallest absolute Gasteiger partial charge is 0.231 e. The molecular formula is C28H29Cl3N4O5. The fourth-order valence-electron chi connectivity index (χ4n) is 4.55. The number of nitriles is 1. The summed E-state index contributed by atoms with van der Waals surface area (Å²) in [6.45, 7) is 2.18. The third-order valence-electron chi connectivity index (χ3n) is 6.51. The number of hydrogen-bond acceptors (Lipinski definition) is 9. The molecule has 2 aliphatic rings. The molecule has 3 heterocycles. The third-order valence-corrected chi connectivity index (χ3v) is 6.80. The molecule has 0 spiro atoms. The Balaban J connectivity index is 0.00000220. The summed E-state index contributed by atoms with van der Waals surface area (Å²) in [5, 5.41) is 14.4. The van der Waals surface area contributed by atoms with Gasteiger partial charge in [-0.2, -0.15) is 5.26 Å². The minimum atomic E-state index is 0. The Hall–Kier alpha value is -3.31. The van der Waals surface area contributed by atoms with Crippen LogP contribution in [0.5, 0.6) is 23.0 Å². The number of nitrogens with one attached hydrogen (secondary N) is 1. The molecule has 12 heteroatoms. The monoisotopic (exact) mass is 606 g/mol. The van der Waals surface area contributed by atoms with Crippen molar-refractivity contribution in [3.63, 3.8) is 0 Å². The Bertz CT molecular complexity index is 1480. The molecule has 1 aromatic heterocycles. The number of pyridine rings is 1. The van der Waals surface area contributed by atoms with E-state index in [1.807, 2.05) is 12.1 Å². The van der Waals surface area contributed by atoms with Crippen LogP contribution in [0.2, 0.25) is 5.02 Å². The van der Waals surface area contributed by atoms with E-state index in [9.17, 15) is 5.26 Å². The van der Waals surface area contributed by atoms with Gasteiger partial charge in [-0.05, 0) is 26.0 Å². The number of ether oxygens (including phenoxy) is 5. The summed E-state index contributed by atoms with van der Waals surface area (Å²) in [7, 11) is 5.27. The number of halogens is 3. The fourth-order valence-corrected chi connectivity index (χ4v) is 4.79. The van der Waals surface area contributed by atoms with Crippen molar-refractivity contribution in [2.24, 2.45) is 0 Å². The molecular weight excluding hydrogens is 579 g/mol. The van der Waals surface area contributed by atoms with Crippen molar-refractivity contribution in [1.29, 1.82) is 5.26 Å². The van der Waals surface area contributed by atoms with Crippen LogP contribution in [0.15, 0.2) is 24.4 Å². The molecule has 3 aromatic rings. The highest BCUT2D eigenvalue weighted by Gasteiger charge is 2.27. The molecule has 9 nitrogen and oxygen atoms in total. The summed E-state index contributed by atoms with van der Waals surface area (Å²) < 4.78 is 28.6. The van der Waals surface area contributed by atoms with Crippen molar-refractivity contribution >= 4 is 58.7 Å². The topological polar surface area (TPSA) is 98.1 Å². The van der Waals surface area contributed by atoms with Gasteiger partial charge in [0.15, 0.2) is 11.5 Å². The van der Waals surface area contributed by atoms with E-state index in [2.05, 4.69) is 40.2 Å². The number of hydrogen-bond donors (Lipinski definition) is 1. The third kappa shape index (κ3) is 6.36. The number of likely N-dealkylation sites (tertiary alicyclic amines) is 1. The standard InChI is InChI=1S/C28H27ClN4O5.2ClH/c1-33-8-6-19(7-9-33)38-23-13-20(35-3)12-22-24(23)25(18(14-30)15-31-22)32-26-21(29)11-17(5-4-10-34-2)27-28(26)37-16-36-27;;/h11-13,15,19H,6-10,16H2,1-3H3,(H,31,32);2*1H. The maximum atomic E-state index is 10.0. The minimum Gasteiger partial charge on any atom is -0.497 e. The number of fused-ring (bicyclic) bond motifs is 2. The molecule has 0 amide bonds. The number of anilines is 2. The lowest BCUT2D eigenvalue weighted by Gasteiger charge is -2.30. The highest BCUT2D eigenvalue weighted by atomic mass is 35.5. The molecule has 0 aliphatic carbocycles. The Kier molecular flexibility index (Phi) is 10.8. The van der Waals surface area contributed by atoms with E-state index in [4.69, 9.17) is 35.3 Å². The first kappa shape index (κ1) is 31.2. The second-order valence-corrected chi connectivity index (χ2v) is 9.41. The summed E-state index contributed by atoms with van der Waals surface area (Å²) >= 11 is 6.73. The van der Waals surface area contributed by atoms with Gasteiger partial charge < -0.3 is 33.9 Å². The van der Waals surface area contributed by atoms with E-state index < -0.39 is 0 Å². The maximum Gasteiger partial charge on any atom is 0.231 e. The highest BCUT2D eigenvalue weighted by Crippen LogP contribution is 2.49. The van der Waals surface area contributed by atoms with Crippen LogP contribution in [0, 0.1) is 23.2 Å². The van der Waals surface area contributed by atoms with Crippen LogP contribution < -0.4 is 24.3 Å². The van der Waals surface area contributed by atoms with E-state index in [-0.39, 0.29) is 44.3 Å². The average molecular weight is 608 g/mol. The molecule has 0 atom stereocenters. The van der Waals surface area contributed by atoms with E-state index in [0.717, 1.165) is 25.9 Å². The molecule has 1 saturated heterocycles. The van der Waals surface area contributed by atoms with Gasteiger partial charge in [-0.3, -0.25) is 4.98 Å². The van der Waals surface area contributed by atoms with Crippen LogP contribution in [-0.4, -0.2) is 63.7 Å². The van der Waals surface area contributed by atoms with Gasteiger partial charge in [0.25, 0.3) is 0 Å². The number of aromatic nitrogens is 1. The van der Waals surface area contributed by atoms with Crippen molar-refractivity contribution in [3.8, 4) is 40.9 Å². The number of benzene rings is 2. The first-order valence-electron chi connectivity index (χ1n) is 12.1. The van der Waals surface area contributed by atoms with Crippen LogP contribution in [0.25, 0.3) is 10.9 Å².